The summed E-state index contributed by atoms with van der Waals surface area (Å²) in [6.45, 7) is 3.58. The van der Waals surface area contributed by atoms with Gasteiger partial charge in [-0.2, -0.15) is 5.10 Å². The number of benzene rings is 1. The smallest absolute Gasteiger partial charge is 0.354 e. The molecular weight excluding hydrogens is 273 g/mol. The molecule has 0 amide bonds. The maximum absolute atomic E-state index is 13.9. The van der Waals surface area contributed by atoms with Crippen LogP contribution in [0.25, 0.3) is 16.9 Å². The second-order valence-corrected chi connectivity index (χ2v) is 4.76. The molecular formula is C15H12FN3O2. The number of rotatable bonds is 2. The number of hydrogen-bond donors (Lipinski definition) is 1. The molecule has 21 heavy (non-hydrogen) atoms. The molecule has 3 rings (SSSR count). The zero-order valence-electron chi connectivity index (χ0n) is 11.5. The normalized spacial score (nSPS) is 11.0. The zero-order chi connectivity index (χ0) is 15.1. The summed E-state index contributed by atoms with van der Waals surface area (Å²) in [5.41, 5.74) is 2.38. The Labute approximate surface area is 119 Å². The van der Waals surface area contributed by atoms with E-state index in [2.05, 4.69) is 10.1 Å². The first-order valence-corrected chi connectivity index (χ1v) is 6.34. The Morgan fingerprint density at radius 3 is 2.67 bits per heavy atom. The van der Waals surface area contributed by atoms with Gasteiger partial charge in [-0.25, -0.2) is 18.7 Å². The van der Waals surface area contributed by atoms with E-state index < -0.39 is 11.8 Å². The van der Waals surface area contributed by atoms with Crippen LogP contribution in [0.3, 0.4) is 0 Å². The van der Waals surface area contributed by atoms with Gasteiger partial charge in [-0.15, -0.1) is 0 Å². The molecule has 1 N–H and O–H groups in total. The SMILES string of the molecule is Cc1nn2c(C(=O)O)cc(-c3ccccc3F)nc2c1C. The van der Waals surface area contributed by atoms with E-state index in [1.165, 1.54) is 16.6 Å². The molecule has 6 heteroatoms. The molecule has 0 atom stereocenters. The summed E-state index contributed by atoms with van der Waals surface area (Å²) >= 11 is 0. The topological polar surface area (TPSA) is 67.5 Å². The van der Waals surface area contributed by atoms with E-state index in [1.807, 2.05) is 0 Å². The molecule has 0 unspecified atom stereocenters. The molecule has 0 fully saturated rings. The minimum Gasteiger partial charge on any atom is -0.477 e. The largest absolute Gasteiger partial charge is 0.477 e. The number of aromatic nitrogens is 3. The molecule has 5 nitrogen and oxygen atoms in total. The van der Waals surface area contributed by atoms with Crippen LogP contribution in [0.5, 0.6) is 0 Å². The number of carbonyl (C=O) groups is 1. The standard InChI is InChI=1S/C15H12FN3O2/c1-8-9(2)18-19-13(15(20)21)7-12(17-14(8)19)10-5-3-4-6-11(10)16/h3-7H,1-2H3,(H,20,21). The second kappa shape index (κ2) is 4.66. The fraction of sp³-hybridized carbons (Fsp3) is 0.133. The number of carboxylic acids is 1. The van der Waals surface area contributed by atoms with Gasteiger partial charge in [0.15, 0.2) is 11.3 Å². The molecule has 0 radical (unpaired) electrons. The second-order valence-electron chi connectivity index (χ2n) is 4.76. The number of hydrogen-bond acceptors (Lipinski definition) is 3. The highest BCUT2D eigenvalue weighted by molar-refractivity contribution is 5.88. The van der Waals surface area contributed by atoms with Crippen LogP contribution in [-0.2, 0) is 0 Å². The van der Waals surface area contributed by atoms with E-state index in [0.717, 1.165) is 5.56 Å². The Hall–Kier alpha value is -2.76. The Morgan fingerprint density at radius 1 is 1.29 bits per heavy atom. The van der Waals surface area contributed by atoms with Crippen molar-refractivity contribution in [3.05, 3.63) is 53.1 Å². The monoisotopic (exact) mass is 285 g/mol. The fourth-order valence-electron chi connectivity index (χ4n) is 2.19. The minimum atomic E-state index is -1.14. The van der Waals surface area contributed by atoms with Gasteiger partial charge in [0.05, 0.1) is 11.4 Å². The fourth-order valence-corrected chi connectivity index (χ4v) is 2.19. The van der Waals surface area contributed by atoms with E-state index in [0.29, 0.717) is 11.3 Å². The van der Waals surface area contributed by atoms with Gasteiger partial charge in [0.25, 0.3) is 0 Å². The summed E-state index contributed by atoms with van der Waals surface area (Å²) in [5, 5.41) is 13.5. The maximum atomic E-state index is 13.9. The number of carboxylic acid groups (broad SMARTS) is 1. The van der Waals surface area contributed by atoms with Gasteiger partial charge in [0.1, 0.15) is 5.82 Å². The van der Waals surface area contributed by atoms with Crippen molar-refractivity contribution in [3.63, 3.8) is 0 Å². The van der Waals surface area contributed by atoms with Crippen molar-refractivity contribution < 1.29 is 14.3 Å². The molecule has 0 aliphatic carbocycles. The average molecular weight is 285 g/mol. The van der Waals surface area contributed by atoms with Crippen LogP contribution in [0.4, 0.5) is 4.39 Å². The minimum absolute atomic E-state index is 0.0468. The third-order valence-corrected chi connectivity index (χ3v) is 3.43. The highest BCUT2D eigenvalue weighted by Gasteiger charge is 2.18. The Morgan fingerprint density at radius 2 is 2.00 bits per heavy atom. The highest BCUT2D eigenvalue weighted by atomic mass is 19.1. The molecule has 3 aromatic rings. The number of aryl methyl sites for hydroxylation is 2. The van der Waals surface area contributed by atoms with Crippen LogP contribution < -0.4 is 0 Å². The van der Waals surface area contributed by atoms with E-state index >= 15 is 0 Å². The Kier molecular flexibility index (Phi) is 2.94. The summed E-state index contributed by atoms with van der Waals surface area (Å²) in [6, 6.07) is 7.47. The summed E-state index contributed by atoms with van der Waals surface area (Å²) < 4.78 is 15.2. The van der Waals surface area contributed by atoms with Gasteiger partial charge in [-0.3, -0.25) is 0 Å². The van der Waals surface area contributed by atoms with Crippen molar-refractivity contribution in [1.82, 2.24) is 14.6 Å². The number of halogens is 1. The van der Waals surface area contributed by atoms with Crippen LogP contribution in [0.1, 0.15) is 21.7 Å². The van der Waals surface area contributed by atoms with E-state index in [-0.39, 0.29) is 17.0 Å². The molecule has 0 spiro atoms. The lowest BCUT2D eigenvalue weighted by molar-refractivity contribution is 0.0687. The van der Waals surface area contributed by atoms with E-state index in [4.69, 9.17) is 0 Å². The van der Waals surface area contributed by atoms with Crippen molar-refractivity contribution in [2.24, 2.45) is 0 Å². The average Bonchev–Trinajstić information content (AvgIpc) is 2.74. The Bertz CT molecular complexity index is 871. The first-order valence-electron chi connectivity index (χ1n) is 6.34. The van der Waals surface area contributed by atoms with Crippen molar-refractivity contribution in [2.75, 3.05) is 0 Å². The third kappa shape index (κ3) is 2.05. The van der Waals surface area contributed by atoms with Crippen LogP contribution in [0.2, 0.25) is 0 Å². The number of fused-ring (bicyclic) bond motifs is 1. The summed E-state index contributed by atoms with van der Waals surface area (Å²) in [5.74, 6) is -1.58. The van der Waals surface area contributed by atoms with Gasteiger partial charge in [-0.05, 0) is 32.0 Å². The summed E-state index contributed by atoms with van der Waals surface area (Å²) in [7, 11) is 0. The van der Waals surface area contributed by atoms with Crippen molar-refractivity contribution in [2.45, 2.75) is 13.8 Å². The van der Waals surface area contributed by atoms with Crippen molar-refractivity contribution in [1.29, 1.82) is 0 Å². The van der Waals surface area contributed by atoms with Gasteiger partial charge in [0.2, 0.25) is 0 Å². The highest BCUT2D eigenvalue weighted by Crippen LogP contribution is 2.24. The predicted molar refractivity (Wildman–Crippen MR) is 74.8 cm³/mol. The zero-order valence-corrected chi connectivity index (χ0v) is 11.5. The molecule has 0 saturated carbocycles. The van der Waals surface area contributed by atoms with Gasteiger partial charge < -0.3 is 5.11 Å². The molecule has 2 heterocycles. The van der Waals surface area contributed by atoms with Crippen molar-refractivity contribution in [3.8, 4) is 11.3 Å². The molecule has 0 aliphatic rings. The van der Waals surface area contributed by atoms with Crippen LogP contribution >= 0.6 is 0 Å². The quantitative estimate of drug-likeness (QED) is 0.786. The molecule has 0 saturated heterocycles. The first-order chi connectivity index (χ1) is 9.99. The van der Waals surface area contributed by atoms with Gasteiger partial charge >= 0.3 is 5.97 Å². The molecule has 0 bridgehead atoms. The number of nitrogens with zero attached hydrogens (tertiary/aromatic N) is 3. The van der Waals surface area contributed by atoms with E-state index in [9.17, 15) is 14.3 Å². The van der Waals surface area contributed by atoms with Gasteiger partial charge in [-0.1, -0.05) is 12.1 Å². The molecule has 1 aromatic carbocycles. The molecule has 106 valence electrons. The van der Waals surface area contributed by atoms with Crippen LogP contribution in [-0.4, -0.2) is 25.7 Å². The third-order valence-electron chi connectivity index (χ3n) is 3.43. The van der Waals surface area contributed by atoms with Gasteiger partial charge in [0, 0.05) is 11.1 Å². The summed E-state index contributed by atoms with van der Waals surface area (Å²) in [6.07, 6.45) is 0. The lowest BCUT2D eigenvalue weighted by atomic mass is 10.1. The van der Waals surface area contributed by atoms with Crippen LogP contribution in [0, 0.1) is 19.7 Å². The Balaban J connectivity index is 2.38. The lowest BCUT2D eigenvalue weighted by Crippen LogP contribution is -2.08. The predicted octanol–water partition coefficient (Wildman–Crippen LogP) is 2.85. The van der Waals surface area contributed by atoms with E-state index in [1.54, 1.807) is 32.0 Å². The van der Waals surface area contributed by atoms with Crippen molar-refractivity contribution >= 4 is 11.6 Å². The summed E-state index contributed by atoms with van der Waals surface area (Å²) in [4.78, 5) is 15.8. The first kappa shape index (κ1) is 13.2. The number of aromatic carboxylic acids is 1. The lowest BCUT2D eigenvalue weighted by Gasteiger charge is -2.06. The van der Waals surface area contributed by atoms with Crippen LogP contribution in [0.15, 0.2) is 30.3 Å². The molecule has 0 aliphatic heterocycles. The maximum Gasteiger partial charge on any atom is 0.354 e. The molecule has 2 aromatic heterocycles.